The van der Waals surface area contributed by atoms with Gasteiger partial charge in [-0.1, -0.05) is 12.1 Å². The third kappa shape index (κ3) is 2.77. The fourth-order valence-electron chi connectivity index (χ4n) is 1.52. The topological polar surface area (TPSA) is 79.3 Å². The molecular formula is C13H8F2N2O3. The van der Waals surface area contributed by atoms with Gasteiger partial charge in [-0.2, -0.15) is 0 Å². The van der Waals surface area contributed by atoms with Crippen LogP contribution in [0.15, 0.2) is 36.4 Å². The molecule has 0 spiro atoms. The van der Waals surface area contributed by atoms with Gasteiger partial charge >= 0.3 is 5.97 Å². The number of nitrogens with one attached hydrogen (secondary N) is 1. The van der Waals surface area contributed by atoms with E-state index >= 15 is 0 Å². The molecule has 0 radical (unpaired) electrons. The molecule has 2 aromatic rings. The molecule has 20 heavy (non-hydrogen) atoms. The van der Waals surface area contributed by atoms with E-state index in [2.05, 4.69) is 10.3 Å². The van der Waals surface area contributed by atoms with E-state index in [0.29, 0.717) is 0 Å². The van der Waals surface area contributed by atoms with E-state index < -0.39 is 29.1 Å². The van der Waals surface area contributed by atoms with Crippen LogP contribution in [0.25, 0.3) is 0 Å². The maximum atomic E-state index is 13.4. The molecule has 1 amide bonds. The van der Waals surface area contributed by atoms with Gasteiger partial charge in [0.2, 0.25) is 0 Å². The summed E-state index contributed by atoms with van der Waals surface area (Å²) in [5.74, 6) is -4.47. The summed E-state index contributed by atoms with van der Waals surface area (Å²) < 4.78 is 26.8. The van der Waals surface area contributed by atoms with Crippen molar-refractivity contribution in [1.82, 2.24) is 4.98 Å². The first-order chi connectivity index (χ1) is 9.49. The summed E-state index contributed by atoms with van der Waals surface area (Å²) in [6.07, 6.45) is 0. The number of halogens is 2. The van der Waals surface area contributed by atoms with E-state index in [4.69, 9.17) is 5.11 Å². The van der Waals surface area contributed by atoms with E-state index in [0.717, 1.165) is 18.2 Å². The van der Waals surface area contributed by atoms with Crippen LogP contribution in [-0.2, 0) is 0 Å². The largest absolute Gasteiger partial charge is 0.477 e. The number of anilines is 1. The number of aromatic nitrogens is 1. The molecule has 0 saturated heterocycles. The number of benzene rings is 1. The highest BCUT2D eigenvalue weighted by Gasteiger charge is 2.17. The van der Waals surface area contributed by atoms with E-state index in [-0.39, 0.29) is 11.5 Å². The Morgan fingerprint density at radius 1 is 1.05 bits per heavy atom. The number of carboxylic acid groups (broad SMARTS) is 1. The molecule has 5 nitrogen and oxygen atoms in total. The van der Waals surface area contributed by atoms with E-state index in [1.807, 2.05) is 0 Å². The number of amides is 1. The summed E-state index contributed by atoms with van der Waals surface area (Å²) in [5.41, 5.74) is -1.05. The van der Waals surface area contributed by atoms with Crippen LogP contribution in [0, 0.1) is 11.6 Å². The highest BCUT2D eigenvalue weighted by molar-refractivity contribution is 6.04. The van der Waals surface area contributed by atoms with Crippen molar-refractivity contribution in [2.45, 2.75) is 0 Å². The van der Waals surface area contributed by atoms with Crippen LogP contribution in [0.1, 0.15) is 20.8 Å². The van der Waals surface area contributed by atoms with Gasteiger partial charge in [0.1, 0.15) is 23.0 Å². The molecule has 0 bridgehead atoms. The maximum absolute atomic E-state index is 13.4. The van der Waals surface area contributed by atoms with Crippen LogP contribution in [0.4, 0.5) is 14.6 Å². The summed E-state index contributed by atoms with van der Waals surface area (Å²) in [6.45, 7) is 0. The summed E-state index contributed by atoms with van der Waals surface area (Å²) in [7, 11) is 0. The first-order valence-corrected chi connectivity index (χ1v) is 5.45. The summed E-state index contributed by atoms with van der Waals surface area (Å²) in [5, 5.41) is 10.9. The Bertz CT molecular complexity index is 669. The standard InChI is InChI=1S/C13H8F2N2O3/c14-7-3-1-4-8(15)11(7)12(18)17-10-6-2-5-9(16-10)13(19)20/h1-6H,(H,19,20)(H,16,17,18). The van der Waals surface area contributed by atoms with Crippen molar-refractivity contribution in [1.29, 1.82) is 0 Å². The Morgan fingerprint density at radius 2 is 1.65 bits per heavy atom. The Kier molecular flexibility index (Phi) is 3.69. The summed E-state index contributed by atoms with van der Waals surface area (Å²) in [4.78, 5) is 26.1. The average Bonchev–Trinajstić information content (AvgIpc) is 2.38. The molecule has 0 aliphatic heterocycles. The van der Waals surface area contributed by atoms with E-state index in [9.17, 15) is 18.4 Å². The van der Waals surface area contributed by atoms with Crippen molar-refractivity contribution >= 4 is 17.7 Å². The summed E-state index contributed by atoms with van der Waals surface area (Å²) in [6, 6.07) is 6.90. The van der Waals surface area contributed by atoms with Gasteiger partial charge in [-0.05, 0) is 24.3 Å². The normalized spacial score (nSPS) is 10.1. The van der Waals surface area contributed by atoms with Crippen molar-refractivity contribution in [3.05, 3.63) is 59.3 Å². The van der Waals surface area contributed by atoms with Crippen molar-refractivity contribution in [3.8, 4) is 0 Å². The SMILES string of the molecule is O=C(O)c1cccc(NC(=O)c2c(F)cccc2F)n1. The molecule has 102 valence electrons. The lowest BCUT2D eigenvalue weighted by Crippen LogP contribution is -2.17. The molecule has 0 aliphatic carbocycles. The predicted octanol–water partition coefficient (Wildman–Crippen LogP) is 2.31. The second kappa shape index (κ2) is 5.43. The molecule has 7 heteroatoms. The third-order valence-electron chi connectivity index (χ3n) is 2.40. The van der Waals surface area contributed by atoms with Crippen LogP contribution < -0.4 is 5.32 Å². The Hall–Kier alpha value is -2.83. The zero-order valence-corrected chi connectivity index (χ0v) is 9.93. The third-order valence-corrected chi connectivity index (χ3v) is 2.40. The zero-order valence-electron chi connectivity index (χ0n) is 9.93. The fourth-order valence-corrected chi connectivity index (χ4v) is 1.52. The number of hydrogen-bond acceptors (Lipinski definition) is 3. The smallest absolute Gasteiger partial charge is 0.354 e. The van der Waals surface area contributed by atoms with Crippen molar-refractivity contribution in [2.75, 3.05) is 5.32 Å². The number of carbonyl (C=O) groups excluding carboxylic acids is 1. The second-order valence-electron chi connectivity index (χ2n) is 3.76. The highest BCUT2D eigenvalue weighted by Crippen LogP contribution is 2.14. The molecule has 1 aromatic heterocycles. The molecule has 0 aliphatic rings. The lowest BCUT2D eigenvalue weighted by molar-refractivity contribution is 0.0690. The number of nitrogens with zero attached hydrogens (tertiary/aromatic N) is 1. The quantitative estimate of drug-likeness (QED) is 0.903. The maximum Gasteiger partial charge on any atom is 0.354 e. The van der Waals surface area contributed by atoms with Crippen LogP contribution in [-0.4, -0.2) is 22.0 Å². The van der Waals surface area contributed by atoms with Gasteiger partial charge in [-0.25, -0.2) is 18.6 Å². The van der Waals surface area contributed by atoms with Gasteiger partial charge in [-0.15, -0.1) is 0 Å². The van der Waals surface area contributed by atoms with Crippen molar-refractivity contribution in [3.63, 3.8) is 0 Å². The number of carbonyl (C=O) groups is 2. The first kappa shape index (κ1) is 13.6. The molecule has 0 atom stereocenters. The molecular weight excluding hydrogens is 270 g/mol. The number of hydrogen-bond donors (Lipinski definition) is 2. The minimum atomic E-state index is -1.28. The van der Waals surface area contributed by atoms with E-state index in [1.165, 1.54) is 18.2 Å². The minimum absolute atomic E-state index is 0.113. The number of aromatic carboxylic acids is 1. The number of pyridine rings is 1. The Labute approximate surface area is 111 Å². The number of carboxylic acids is 1. The Morgan fingerprint density at radius 3 is 2.25 bits per heavy atom. The lowest BCUT2D eigenvalue weighted by atomic mass is 10.2. The van der Waals surface area contributed by atoms with Crippen molar-refractivity contribution < 1.29 is 23.5 Å². The fraction of sp³-hybridized carbons (Fsp3) is 0. The molecule has 1 heterocycles. The van der Waals surface area contributed by atoms with Gasteiger partial charge < -0.3 is 10.4 Å². The predicted molar refractivity (Wildman–Crippen MR) is 65.5 cm³/mol. The Balaban J connectivity index is 2.28. The van der Waals surface area contributed by atoms with Gasteiger partial charge in [0.15, 0.2) is 5.69 Å². The van der Waals surface area contributed by atoms with Crippen LogP contribution in [0.2, 0.25) is 0 Å². The molecule has 2 N–H and O–H groups in total. The average molecular weight is 278 g/mol. The van der Waals surface area contributed by atoms with Crippen molar-refractivity contribution in [2.24, 2.45) is 0 Å². The van der Waals surface area contributed by atoms with Gasteiger partial charge in [0.25, 0.3) is 5.91 Å². The zero-order chi connectivity index (χ0) is 14.7. The second-order valence-corrected chi connectivity index (χ2v) is 3.76. The lowest BCUT2D eigenvalue weighted by Gasteiger charge is -2.06. The molecule has 0 fully saturated rings. The highest BCUT2D eigenvalue weighted by atomic mass is 19.1. The first-order valence-electron chi connectivity index (χ1n) is 5.45. The molecule has 1 aromatic carbocycles. The van der Waals surface area contributed by atoms with Crippen LogP contribution in [0.5, 0.6) is 0 Å². The van der Waals surface area contributed by atoms with Gasteiger partial charge in [0.05, 0.1) is 0 Å². The van der Waals surface area contributed by atoms with E-state index in [1.54, 1.807) is 0 Å². The molecule has 0 saturated carbocycles. The monoisotopic (exact) mass is 278 g/mol. The molecule has 2 rings (SSSR count). The van der Waals surface area contributed by atoms with Crippen LogP contribution in [0.3, 0.4) is 0 Å². The van der Waals surface area contributed by atoms with Crippen LogP contribution >= 0.6 is 0 Å². The summed E-state index contributed by atoms with van der Waals surface area (Å²) >= 11 is 0. The number of rotatable bonds is 3. The minimum Gasteiger partial charge on any atom is -0.477 e. The molecule has 0 unspecified atom stereocenters. The van der Waals surface area contributed by atoms with Gasteiger partial charge in [-0.3, -0.25) is 4.79 Å². The van der Waals surface area contributed by atoms with Gasteiger partial charge in [0, 0.05) is 0 Å².